The summed E-state index contributed by atoms with van der Waals surface area (Å²) in [6, 6.07) is 8.87. The Morgan fingerprint density at radius 2 is 1.92 bits per heavy atom. The van der Waals surface area contributed by atoms with Crippen LogP contribution in [0.1, 0.15) is 32.6 Å². The van der Waals surface area contributed by atoms with Crippen LogP contribution in [0.3, 0.4) is 0 Å². The number of primary amides is 1. The normalized spacial score (nSPS) is 21.5. The number of anilines is 1. The molecule has 26 heavy (non-hydrogen) atoms. The van der Waals surface area contributed by atoms with Crippen molar-refractivity contribution in [2.75, 3.05) is 24.6 Å². The minimum absolute atomic E-state index is 0.163. The summed E-state index contributed by atoms with van der Waals surface area (Å²) in [5.74, 6) is -0.670. The first-order valence-corrected chi connectivity index (χ1v) is 9.32. The number of hydrogen-bond donors (Lipinski definition) is 2. The summed E-state index contributed by atoms with van der Waals surface area (Å²) in [4.78, 5) is 26.9. The van der Waals surface area contributed by atoms with Gasteiger partial charge in [0.25, 0.3) is 5.91 Å². The fraction of sp³-hybridized carbons (Fsp3) is 0.526. The predicted molar refractivity (Wildman–Crippen MR) is 102 cm³/mol. The van der Waals surface area contributed by atoms with E-state index in [0.29, 0.717) is 5.71 Å². The molecule has 1 fully saturated rings. The van der Waals surface area contributed by atoms with E-state index in [-0.39, 0.29) is 18.4 Å². The molecule has 3 rings (SSSR count). The number of hydrogen-bond acceptors (Lipinski definition) is 5. The van der Waals surface area contributed by atoms with Crippen LogP contribution in [-0.4, -0.2) is 54.1 Å². The molecular formula is C19H27N5O2. The highest BCUT2D eigenvalue weighted by Gasteiger charge is 2.35. The minimum atomic E-state index is -0.621. The van der Waals surface area contributed by atoms with Crippen LogP contribution in [-0.2, 0) is 9.59 Å². The summed E-state index contributed by atoms with van der Waals surface area (Å²) in [6.07, 6.45) is 3.28. The third-order valence-corrected chi connectivity index (χ3v) is 4.98. The molecule has 7 heteroatoms. The third kappa shape index (κ3) is 4.22. The van der Waals surface area contributed by atoms with Crippen LogP contribution in [0, 0.1) is 0 Å². The molecule has 1 atom stereocenters. The molecule has 0 spiro atoms. The molecule has 2 aliphatic rings. The second-order valence-corrected chi connectivity index (χ2v) is 6.94. The molecule has 2 aliphatic heterocycles. The van der Waals surface area contributed by atoms with E-state index in [1.54, 1.807) is 5.01 Å². The summed E-state index contributed by atoms with van der Waals surface area (Å²) in [5, 5.41) is 9.03. The number of carbonyl (C=O) groups is 2. The summed E-state index contributed by atoms with van der Waals surface area (Å²) < 4.78 is 0. The van der Waals surface area contributed by atoms with E-state index < -0.39 is 11.9 Å². The number of para-hydroxylation sites is 1. The zero-order valence-electron chi connectivity index (χ0n) is 15.2. The Labute approximate surface area is 154 Å². The number of amides is 2. The number of nitrogens with two attached hydrogens (primary N) is 1. The van der Waals surface area contributed by atoms with Crippen molar-refractivity contribution in [3.63, 3.8) is 0 Å². The molecule has 140 valence electrons. The largest absolute Gasteiger partial charge is 0.368 e. The molecule has 0 aromatic heterocycles. The van der Waals surface area contributed by atoms with E-state index in [1.165, 1.54) is 0 Å². The van der Waals surface area contributed by atoms with Gasteiger partial charge in [-0.3, -0.25) is 14.6 Å². The second-order valence-electron chi connectivity index (χ2n) is 6.94. The minimum Gasteiger partial charge on any atom is -0.368 e. The van der Waals surface area contributed by atoms with Gasteiger partial charge < -0.3 is 16.0 Å². The molecule has 1 aromatic rings. The Kier molecular flexibility index (Phi) is 5.88. The van der Waals surface area contributed by atoms with Gasteiger partial charge in [0.2, 0.25) is 5.91 Å². The zero-order valence-corrected chi connectivity index (χ0v) is 15.2. The van der Waals surface area contributed by atoms with Gasteiger partial charge in [0.05, 0.1) is 5.69 Å². The molecule has 2 amide bonds. The summed E-state index contributed by atoms with van der Waals surface area (Å²) in [6.45, 7) is 5.30. The van der Waals surface area contributed by atoms with Gasteiger partial charge in [-0.2, -0.15) is 5.10 Å². The first-order chi connectivity index (χ1) is 12.6. The lowest BCUT2D eigenvalue weighted by Crippen LogP contribution is -2.46. The van der Waals surface area contributed by atoms with Crippen molar-refractivity contribution in [3.8, 4) is 0 Å². The molecule has 7 nitrogen and oxygen atoms in total. The highest BCUT2D eigenvalue weighted by atomic mass is 16.2. The van der Waals surface area contributed by atoms with Crippen LogP contribution >= 0.6 is 0 Å². The Balaban J connectivity index is 1.63. The number of nitrogens with zero attached hydrogens (tertiary/aromatic N) is 3. The average molecular weight is 357 g/mol. The van der Waals surface area contributed by atoms with Crippen LogP contribution in [0.25, 0.3) is 0 Å². The van der Waals surface area contributed by atoms with E-state index in [2.05, 4.69) is 22.2 Å². The monoisotopic (exact) mass is 357 g/mol. The lowest BCUT2D eigenvalue weighted by atomic mass is 10.0. The van der Waals surface area contributed by atoms with Gasteiger partial charge in [-0.05, 0) is 37.9 Å². The van der Waals surface area contributed by atoms with E-state index in [4.69, 9.17) is 5.73 Å². The van der Waals surface area contributed by atoms with Gasteiger partial charge in [0.1, 0.15) is 11.8 Å². The molecule has 3 N–H and O–H groups in total. The molecule has 0 aliphatic carbocycles. The fourth-order valence-electron chi connectivity index (χ4n) is 3.57. The van der Waals surface area contributed by atoms with Gasteiger partial charge >= 0.3 is 0 Å². The highest BCUT2D eigenvalue weighted by Crippen LogP contribution is 2.24. The van der Waals surface area contributed by atoms with Gasteiger partial charge in [0, 0.05) is 25.6 Å². The quantitative estimate of drug-likeness (QED) is 0.797. The Bertz CT molecular complexity index is 668. The SMILES string of the molecule is CCCN1CCC(NC(=O)C2=NN(c3ccccc3)C(C(N)=O)C2)CC1. The van der Waals surface area contributed by atoms with Crippen LogP contribution in [0.15, 0.2) is 35.4 Å². The van der Waals surface area contributed by atoms with Gasteiger partial charge in [-0.15, -0.1) is 0 Å². The summed E-state index contributed by atoms with van der Waals surface area (Å²) >= 11 is 0. The van der Waals surface area contributed by atoms with Gasteiger partial charge in [-0.25, -0.2) is 0 Å². The lowest BCUT2D eigenvalue weighted by Gasteiger charge is -2.32. The van der Waals surface area contributed by atoms with Crippen molar-refractivity contribution in [2.24, 2.45) is 10.8 Å². The zero-order chi connectivity index (χ0) is 18.5. The molecule has 1 saturated heterocycles. The third-order valence-electron chi connectivity index (χ3n) is 4.98. The fourth-order valence-corrected chi connectivity index (χ4v) is 3.57. The standard InChI is InChI=1S/C19H27N5O2/c1-2-10-23-11-8-14(9-12-23)21-19(26)16-13-17(18(20)25)24(22-16)15-6-4-3-5-7-15/h3-7,14,17H,2,8-13H2,1H3,(H2,20,25)(H,21,26). The van der Waals surface area contributed by atoms with Crippen molar-refractivity contribution in [2.45, 2.75) is 44.7 Å². The maximum Gasteiger partial charge on any atom is 0.267 e. The number of hydrazone groups is 1. The van der Waals surface area contributed by atoms with E-state index in [9.17, 15) is 9.59 Å². The molecule has 0 saturated carbocycles. The molecule has 1 unspecified atom stereocenters. The summed E-state index contributed by atoms with van der Waals surface area (Å²) in [5.41, 5.74) is 6.65. The van der Waals surface area contributed by atoms with Crippen LogP contribution in [0.4, 0.5) is 5.69 Å². The lowest BCUT2D eigenvalue weighted by molar-refractivity contribution is -0.119. The second kappa shape index (κ2) is 8.31. The Morgan fingerprint density at radius 1 is 1.23 bits per heavy atom. The molecule has 0 bridgehead atoms. The number of likely N-dealkylation sites (tertiary alicyclic amines) is 1. The van der Waals surface area contributed by atoms with Crippen LogP contribution < -0.4 is 16.1 Å². The number of rotatable bonds is 6. The maximum atomic E-state index is 12.6. The molecule has 0 radical (unpaired) electrons. The molecule has 2 heterocycles. The first-order valence-electron chi connectivity index (χ1n) is 9.32. The van der Waals surface area contributed by atoms with Crippen molar-refractivity contribution in [1.29, 1.82) is 0 Å². The smallest absolute Gasteiger partial charge is 0.267 e. The summed E-state index contributed by atoms with van der Waals surface area (Å²) in [7, 11) is 0. The average Bonchev–Trinajstić information content (AvgIpc) is 3.10. The van der Waals surface area contributed by atoms with Crippen molar-refractivity contribution in [1.82, 2.24) is 10.2 Å². The number of carbonyl (C=O) groups excluding carboxylic acids is 2. The number of piperidine rings is 1. The Hall–Kier alpha value is -2.41. The van der Waals surface area contributed by atoms with Crippen LogP contribution in [0.5, 0.6) is 0 Å². The van der Waals surface area contributed by atoms with E-state index in [0.717, 1.165) is 44.6 Å². The maximum absolute atomic E-state index is 12.6. The van der Waals surface area contributed by atoms with Crippen molar-refractivity contribution >= 4 is 23.2 Å². The van der Waals surface area contributed by atoms with E-state index >= 15 is 0 Å². The topological polar surface area (TPSA) is 91.0 Å². The molecule has 1 aromatic carbocycles. The molecular weight excluding hydrogens is 330 g/mol. The van der Waals surface area contributed by atoms with Crippen LogP contribution in [0.2, 0.25) is 0 Å². The van der Waals surface area contributed by atoms with Gasteiger partial charge in [0.15, 0.2) is 0 Å². The van der Waals surface area contributed by atoms with Crippen molar-refractivity contribution in [3.05, 3.63) is 30.3 Å². The highest BCUT2D eigenvalue weighted by molar-refractivity contribution is 6.40. The Morgan fingerprint density at radius 3 is 2.54 bits per heavy atom. The van der Waals surface area contributed by atoms with Crippen molar-refractivity contribution < 1.29 is 9.59 Å². The number of benzene rings is 1. The van der Waals surface area contributed by atoms with Gasteiger partial charge in [-0.1, -0.05) is 25.1 Å². The number of nitrogens with one attached hydrogen (secondary N) is 1. The first kappa shape index (κ1) is 18.4. The predicted octanol–water partition coefficient (Wildman–Crippen LogP) is 1.10. The van der Waals surface area contributed by atoms with E-state index in [1.807, 2.05) is 30.3 Å².